The second-order valence-corrected chi connectivity index (χ2v) is 3.35. The molecule has 0 unspecified atom stereocenters. The maximum absolute atomic E-state index is 13.7. The fourth-order valence-corrected chi connectivity index (χ4v) is 1.78. The molecule has 2 aromatic heterocycles. The molecule has 3 rings (SSSR count). The predicted molar refractivity (Wildman–Crippen MR) is 57.8 cm³/mol. The van der Waals surface area contributed by atoms with Crippen molar-refractivity contribution in [1.29, 1.82) is 0 Å². The Kier molecular flexibility index (Phi) is 2.93. The summed E-state index contributed by atoms with van der Waals surface area (Å²) in [5, 5.41) is 1.22. The molecule has 5 heteroatoms. The third-order valence-electron chi connectivity index (χ3n) is 2.49. The van der Waals surface area contributed by atoms with Crippen LogP contribution in [-0.4, -0.2) is 9.38 Å². The zero-order valence-corrected chi connectivity index (χ0v) is 10.8. The number of benzene rings is 1. The van der Waals surface area contributed by atoms with Gasteiger partial charge in [-0.05, 0) is 0 Å². The first-order valence-corrected chi connectivity index (χ1v) is 4.64. The molecule has 0 spiro atoms. The van der Waals surface area contributed by atoms with Crippen molar-refractivity contribution in [2.24, 2.45) is 0 Å². The first-order chi connectivity index (χ1) is 7.81. The molecule has 0 aliphatic heterocycles. The number of imidazole rings is 1. The van der Waals surface area contributed by atoms with Crippen molar-refractivity contribution in [3.63, 3.8) is 0 Å². The number of pyridine rings is 1. The molecule has 0 aliphatic rings. The van der Waals surface area contributed by atoms with Gasteiger partial charge in [-0.15, -0.1) is 17.5 Å². The molecular formula is C12H5FIrN3-. The first kappa shape index (κ1) is 11.7. The Morgan fingerprint density at radius 3 is 3.06 bits per heavy atom. The van der Waals surface area contributed by atoms with Gasteiger partial charge in [-0.2, -0.15) is 10.5 Å². The van der Waals surface area contributed by atoms with Crippen LogP contribution in [0.5, 0.6) is 0 Å². The summed E-state index contributed by atoms with van der Waals surface area (Å²) < 4.78 is 15.0. The average Bonchev–Trinajstić information content (AvgIpc) is 2.78. The van der Waals surface area contributed by atoms with Gasteiger partial charge in [0, 0.05) is 32.5 Å². The van der Waals surface area contributed by atoms with Crippen molar-refractivity contribution in [3.05, 3.63) is 54.0 Å². The van der Waals surface area contributed by atoms with Crippen molar-refractivity contribution < 1.29 is 24.5 Å². The molecule has 0 N–H and O–H groups in total. The summed E-state index contributed by atoms with van der Waals surface area (Å²) >= 11 is 0. The van der Waals surface area contributed by atoms with Gasteiger partial charge in [-0.25, -0.2) is 0 Å². The van der Waals surface area contributed by atoms with E-state index in [1.54, 1.807) is 18.3 Å². The molecule has 0 saturated carbocycles. The fourth-order valence-electron chi connectivity index (χ4n) is 1.78. The monoisotopic (exact) mass is 403 g/mol. The third kappa shape index (κ3) is 1.62. The number of hydrogen-bond acceptors (Lipinski definition) is 1. The Morgan fingerprint density at radius 2 is 2.29 bits per heavy atom. The molecule has 0 saturated heterocycles. The van der Waals surface area contributed by atoms with Crippen molar-refractivity contribution in [3.8, 4) is 0 Å². The molecular weight excluding hydrogens is 397 g/mol. The molecule has 0 amide bonds. The normalized spacial score (nSPS) is 10.1. The van der Waals surface area contributed by atoms with Crippen LogP contribution in [0.3, 0.4) is 0 Å². The van der Waals surface area contributed by atoms with E-state index >= 15 is 0 Å². The smallest absolute Gasteiger partial charge is 0.181 e. The van der Waals surface area contributed by atoms with Crippen LogP contribution in [0, 0.1) is 18.6 Å². The fraction of sp³-hybridized carbons (Fsp3) is 0. The van der Waals surface area contributed by atoms with Gasteiger partial charge in [-0.3, -0.25) is 9.83 Å². The topological polar surface area (TPSA) is 21.7 Å². The first-order valence-electron chi connectivity index (χ1n) is 4.64. The second-order valence-electron chi connectivity index (χ2n) is 3.35. The summed E-state index contributed by atoms with van der Waals surface area (Å²) in [7, 11) is 0. The van der Waals surface area contributed by atoms with Crippen LogP contribution in [0.4, 0.5) is 10.1 Å². The van der Waals surface area contributed by atoms with Crippen LogP contribution in [0.25, 0.3) is 21.3 Å². The molecule has 0 fully saturated rings. The molecule has 2 heterocycles. The van der Waals surface area contributed by atoms with Gasteiger partial charge < -0.3 is 4.40 Å². The Labute approximate surface area is 110 Å². The van der Waals surface area contributed by atoms with E-state index in [0.717, 1.165) is 0 Å². The van der Waals surface area contributed by atoms with Crippen molar-refractivity contribution in [2.75, 3.05) is 0 Å². The van der Waals surface area contributed by atoms with Crippen LogP contribution in [0.1, 0.15) is 0 Å². The quantitative estimate of drug-likeness (QED) is 0.419. The van der Waals surface area contributed by atoms with Crippen molar-refractivity contribution in [2.45, 2.75) is 0 Å². The molecule has 0 atom stereocenters. The Balaban J connectivity index is 0.00000108. The van der Waals surface area contributed by atoms with Gasteiger partial charge in [-0.1, -0.05) is 11.5 Å². The summed E-state index contributed by atoms with van der Waals surface area (Å²) in [6, 6.07) is 7.60. The average molecular weight is 402 g/mol. The third-order valence-corrected chi connectivity index (χ3v) is 2.49. The largest absolute Gasteiger partial charge is 0.317 e. The number of hydrogen-bond donors (Lipinski definition) is 0. The van der Waals surface area contributed by atoms with Crippen molar-refractivity contribution in [1.82, 2.24) is 9.38 Å². The minimum atomic E-state index is -0.426. The zero-order valence-electron chi connectivity index (χ0n) is 8.44. The van der Waals surface area contributed by atoms with Crippen LogP contribution in [-0.2, 0) is 20.1 Å². The number of halogens is 1. The molecule has 85 valence electrons. The van der Waals surface area contributed by atoms with E-state index in [1.165, 1.54) is 16.7 Å². The van der Waals surface area contributed by atoms with E-state index in [9.17, 15) is 4.39 Å². The van der Waals surface area contributed by atoms with Gasteiger partial charge in [0.15, 0.2) is 5.95 Å². The molecule has 0 bridgehead atoms. The number of fused-ring (bicyclic) bond motifs is 3. The second kappa shape index (κ2) is 4.25. The van der Waals surface area contributed by atoms with Gasteiger partial charge in [0.2, 0.25) is 0 Å². The van der Waals surface area contributed by atoms with E-state index in [2.05, 4.69) is 15.9 Å². The van der Waals surface area contributed by atoms with E-state index in [-0.39, 0.29) is 20.1 Å². The number of aromatic nitrogens is 2. The van der Waals surface area contributed by atoms with E-state index in [1.807, 2.05) is 0 Å². The number of nitrogens with zero attached hydrogens (tertiary/aromatic N) is 3. The van der Waals surface area contributed by atoms with Gasteiger partial charge in [0.05, 0.1) is 12.2 Å². The molecule has 0 aliphatic carbocycles. The van der Waals surface area contributed by atoms with Gasteiger partial charge >= 0.3 is 0 Å². The molecule has 1 radical (unpaired) electrons. The minimum Gasteiger partial charge on any atom is -0.317 e. The summed E-state index contributed by atoms with van der Waals surface area (Å²) in [4.78, 5) is 7.43. The Hall–Kier alpha value is -1.76. The standard InChI is InChI=1S/C12H5FN3.Ir/c1-14-10-4-2-3-8-9(10)7-11(13)16-6-5-15-12(8)16;/h2,4-7H;/q-1;. The summed E-state index contributed by atoms with van der Waals surface area (Å²) in [5.41, 5.74) is 0.902. The maximum Gasteiger partial charge on any atom is 0.181 e. The van der Waals surface area contributed by atoms with E-state index < -0.39 is 5.95 Å². The summed E-state index contributed by atoms with van der Waals surface area (Å²) in [6.45, 7) is 7.03. The van der Waals surface area contributed by atoms with Crippen molar-refractivity contribution >= 4 is 22.1 Å². The minimum absolute atomic E-state index is 0. The van der Waals surface area contributed by atoms with Gasteiger partial charge in [0.25, 0.3) is 0 Å². The molecule has 3 aromatic rings. The van der Waals surface area contributed by atoms with Crippen LogP contribution >= 0.6 is 0 Å². The Bertz CT molecular complexity index is 742. The van der Waals surface area contributed by atoms with Crippen LogP contribution < -0.4 is 0 Å². The van der Waals surface area contributed by atoms with E-state index in [4.69, 9.17) is 6.57 Å². The molecule has 3 nitrogen and oxygen atoms in total. The molecule has 1 aromatic carbocycles. The summed E-state index contributed by atoms with van der Waals surface area (Å²) in [5.74, 6) is -0.426. The molecule has 17 heavy (non-hydrogen) atoms. The number of rotatable bonds is 0. The van der Waals surface area contributed by atoms with E-state index in [0.29, 0.717) is 22.1 Å². The van der Waals surface area contributed by atoms with Crippen LogP contribution in [0.15, 0.2) is 30.6 Å². The SMILES string of the molecule is [C-]#[N+]c1cc[c-]c2c1cc(F)n1ccnc21.[Ir]. The Morgan fingerprint density at radius 1 is 1.47 bits per heavy atom. The summed E-state index contributed by atoms with van der Waals surface area (Å²) in [6.07, 6.45) is 3.07. The van der Waals surface area contributed by atoms with Crippen LogP contribution in [0.2, 0.25) is 0 Å². The van der Waals surface area contributed by atoms with Gasteiger partial charge in [0.1, 0.15) is 5.69 Å². The zero-order chi connectivity index (χ0) is 11.1. The maximum atomic E-state index is 13.7. The predicted octanol–water partition coefficient (Wildman–Crippen LogP) is 2.98.